The molecule has 8 heteroatoms. The van der Waals surface area contributed by atoms with Gasteiger partial charge in [0.05, 0.1) is 23.7 Å². The van der Waals surface area contributed by atoms with Gasteiger partial charge in [0.2, 0.25) is 10.0 Å². The lowest BCUT2D eigenvalue weighted by Gasteiger charge is -2.07. The molecule has 7 nitrogen and oxygen atoms in total. The lowest BCUT2D eigenvalue weighted by Crippen LogP contribution is -2.12. The Bertz CT molecular complexity index is 737. The summed E-state index contributed by atoms with van der Waals surface area (Å²) in [5.41, 5.74) is 1.30. The van der Waals surface area contributed by atoms with E-state index in [1.54, 1.807) is 31.4 Å². The van der Waals surface area contributed by atoms with Crippen molar-refractivity contribution in [2.75, 3.05) is 16.3 Å². The van der Waals surface area contributed by atoms with Gasteiger partial charge in [-0.1, -0.05) is 6.07 Å². The molecular weight excluding hydrogens is 280 g/mol. The molecule has 0 unspecified atom stereocenters. The van der Waals surface area contributed by atoms with Crippen molar-refractivity contribution < 1.29 is 13.2 Å². The highest BCUT2D eigenvalue weighted by Gasteiger charge is 2.09. The molecule has 2 N–H and O–H groups in total. The van der Waals surface area contributed by atoms with Gasteiger partial charge in [-0.15, -0.1) is 0 Å². The highest BCUT2D eigenvalue weighted by atomic mass is 32.2. The monoisotopic (exact) mass is 294 g/mol. The van der Waals surface area contributed by atoms with Gasteiger partial charge in [-0.2, -0.15) is 5.10 Å². The summed E-state index contributed by atoms with van der Waals surface area (Å²) in [5.74, 6) is -0.311. The van der Waals surface area contributed by atoms with Crippen LogP contribution in [0.1, 0.15) is 10.4 Å². The molecule has 0 bridgehead atoms. The first-order valence-electron chi connectivity index (χ1n) is 5.71. The second-order valence-electron chi connectivity index (χ2n) is 4.31. The Kier molecular flexibility index (Phi) is 3.75. The van der Waals surface area contributed by atoms with E-state index in [4.69, 9.17) is 0 Å². The van der Waals surface area contributed by atoms with E-state index in [1.165, 1.54) is 16.9 Å². The van der Waals surface area contributed by atoms with Crippen LogP contribution in [0.25, 0.3) is 0 Å². The van der Waals surface area contributed by atoms with Gasteiger partial charge < -0.3 is 5.32 Å². The van der Waals surface area contributed by atoms with Gasteiger partial charge in [0.15, 0.2) is 0 Å². The molecule has 0 saturated carbocycles. The van der Waals surface area contributed by atoms with Crippen molar-refractivity contribution in [2.45, 2.75) is 0 Å². The van der Waals surface area contributed by atoms with Crippen LogP contribution in [0.4, 0.5) is 11.4 Å². The Morgan fingerprint density at radius 3 is 2.60 bits per heavy atom. The third kappa shape index (κ3) is 3.82. The maximum Gasteiger partial charge on any atom is 0.258 e. The zero-order valence-electron chi connectivity index (χ0n) is 11.0. The van der Waals surface area contributed by atoms with Gasteiger partial charge in [0, 0.05) is 18.9 Å². The molecule has 2 rings (SSSR count). The number of amides is 1. The Morgan fingerprint density at radius 2 is 2.00 bits per heavy atom. The zero-order chi connectivity index (χ0) is 14.8. The minimum atomic E-state index is -3.35. The maximum absolute atomic E-state index is 11.9. The van der Waals surface area contributed by atoms with Crippen molar-refractivity contribution in [2.24, 2.45) is 7.05 Å². The lowest BCUT2D eigenvalue weighted by molar-refractivity contribution is 0.102. The number of anilines is 2. The van der Waals surface area contributed by atoms with E-state index in [0.717, 1.165) is 6.26 Å². The quantitative estimate of drug-likeness (QED) is 0.881. The summed E-state index contributed by atoms with van der Waals surface area (Å²) < 4.78 is 26.2. The third-order valence-electron chi connectivity index (χ3n) is 2.39. The van der Waals surface area contributed by atoms with Crippen molar-refractivity contribution in [3.05, 3.63) is 42.2 Å². The number of carbonyl (C=O) groups excluding carboxylic acids is 1. The van der Waals surface area contributed by atoms with Gasteiger partial charge in [0.1, 0.15) is 0 Å². The molecule has 106 valence electrons. The van der Waals surface area contributed by atoms with Crippen LogP contribution in [0.3, 0.4) is 0 Å². The summed E-state index contributed by atoms with van der Waals surface area (Å²) in [7, 11) is -1.63. The first-order valence-corrected chi connectivity index (χ1v) is 7.60. The first kappa shape index (κ1) is 14.1. The average Bonchev–Trinajstić information content (AvgIpc) is 2.74. The molecule has 0 atom stereocenters. The second kappa shape index (κ2) is 5.33. The molecule has 0 aliphatic heterocycles. The topological polar surface area (TPSA) is 93.1 Å². The van der Waals surface area contributed by atoms with Crippen molar-refractivity contribution in [3.8, 4) is 0 Å². The van der Waals surface area contributed by atoms with Crippen LogP contribution in [0.5, 0.6) is 0 Å². The molecule has 0 aliphatic rings. The summed E-state index contributed by atoms with van der Waals surface area (Å²) >= 11 is 0. The minimum Gasteiger partial charge on any atom is -0.322 e. The van der Waals surface area contributed by atoms with Crippen molar-refractivity contribution in [1.82, 2.24) is 9.78 Å². The van der Waals surface area contributed by atoms with Gasteiger partial charge in [-0.05, 0) is 18.2 Å². The standard InChI is InChI=1S/C12H14N4O3S/c1-16-8-9(7-13-16)12(17)14-10-4-3-5-11(6-10)15-20(2,18)19/h3-8,15H,1-2H3,(H,14,17). The molecular formula is C12H14N4O3S. The molecule has 0 saturated heterocycles. The molecule has 0 aliphatic carbocycles. The Morgan fingerprint density at radius 1 is 1.30 bits per heavy atom. The van der Waals surface area contributed by atoms with Crippen molar-refractivity contribution in [1.29, 1.82) is 0 Å². The van der Waals surface area contributed by atoms with E-state index in [2.05, 4.69) is 15.1 Å². The number of aromatic nitrogens is 2. The van der Waals surface area contributed by atoms with E-state index >= 15 is 0 Å². The number of carbonyl (C=O) groups is 1. The van der Waals surface area contributed by atoms with Crippen LogP contribution in [0.15, 0.2) is 36.7 Å². The van der Waals surface area contributed by atoms with E-state index in [1.807, 2.05) is 0 Å². The molecule has 1 aromatic carbocycles. The van der Waals surface area contributed by atoms with Gasteiger partial charge in [-0.25, -0.2) is 8.42 Å². The fourth-order valence-electron chi connectivity index (χ4n) is 1.62. The largest absolute Gasteiger partial charge is 0.322 e. The molecule has 1 amide bonds. The highest BCUT2D eigenvalue weighted by Crippen LogP contribution is 2.16. The highest BCUT2D eigenvalue weighted by molar-refractivity contribution is 7.92. The summed E-state index contributed by atoms with van der Waals surface area (Å²) in [6, 6.07) is 6.45. The SMILES string of the molecule is Cn1cc(C(=O)Nc2cccc(NS(C)(=O)=O)c2)cn1. The fourth-order valence-corrected chi connectivity index (χ4v) is 2.17. The van der Waals surface area contributed by atoms with E-state index in [0.29, 0.717) is 16.9 Å². The van der Waals surface area contributed by atoms with Crippen molar-refractivity contribution in [3.63, 3.8) is 0 Å². The van der Waals surface area contributed by atoms with Crippen molar-refractivity contribution >= 4 is 27.3 Å². The molecule has 1 heterocycles. The maximum atomic E-state index is 11.9. The normalized spacial score (nSPS) is 11.1. The van der Waals surface area contributed by atoms with Crippen LogP contribution in [0.2, 0.25) is 0 Å². The predicted molar refractivity (Wildman–Crippen MR) is 76.1 cm³/mol. The minimum absolute atomic E-state index is 0.311. The van der Waals surface area contributed by atoms with Crippen LogP contribution in [-0.2, 0) is 17.1 Å². The zero-order valence-corrected chi connectivity index (χ0v) is 11.8. The fraction of sp³-hybridized carbons (Fsp3) is 0.167. The number of sulfonamides is 1. The lowest BCUT2D eigenvalue weighted by atomic mass is 10.2. The smallest absolute Gasteiger partial charge is 0.258 e. The van der Waals surface area contributed by atoms with E-state index < -0.39 is 10.0 Å². The van der Waals surface area contributed by atoms with Crippen LogP contribution in [-0.4, -0.2) is 30.4 Å². The molecule has 1 aromatic heterocycles. The molecule has 0 spiro atoms. The average molecular weight is 294 g/mol. The Balaban J connectivity index is 2.14. The van der Waals surface area contributed by atoms with Gasteiger partial charge >= 0.3 is 0 Å². The molecule has 0 fully saturated rings. The Labute approximate surface area is 116 Å². The number of benzene rings is 1. The van der Waals surface area contributed by atoms with Crippen LogP contribution < -0.4 is 10.0 Å². The van der Waals surface area contributed by atoms with E-state index in [-0.39, 0.29) is 5.91 Å². The van der Waals surface area contributed by atoms with Crippen LogP contribution >= 0.6 is 0 Å². The van der Waals surface area contributed by atoms with Crippen LogP contribution in [0, 0.1) is 0 Å². The number of nitrogens with one attached hydrogen (secondary N) is 2. The summed E-state index contributed by atoms with van der Waals surface area (Å²) in [5, 5.41) is 6.58. The van der Waals surface area contributed by atoms with E-state index in [9.17, 15) is 13.2 Å². The number of aryl methyl sites for hydroxylation is 1. The summed E-state index contributed by atoms with van der Waals surface area (Å²) in [4.78, 5) is 11.9. The number of nitrogens with zero attached hydrogens (tertiary/aromatic N) is 2. The number of hydrogen-bond donors (Lipinski definition) is 2. The molecule has 20 heavy (non-hydrogen) atoms. The number of rotatable bonds is 4. The Hall–Kier alpha value is -2.35. The third-order valence-corrected chi connectivity index (χ3v) is 3.00. The van der Waals surface area contributed by atoms with Gasteiger partial charge in [-0.3, -0.25) is 14.2 Å². The first-order chi connectivity index (χ1) is 9.33. The molecule has 2 aromatic rings. The predicted octanol–water partition coefficient (Wildman–Crippen LogP) is 1.04. The number of hydrogen-bond acceptors (Lipinski definition) is 4. The second-order valence-corrected chi connectivity index (χ2v) is 6.06. The molecule has 0 radical (unpaired) electrons. The summed E-state index contributed by atoms with van der Waals surface area (Å²) in [6.45, 7) is 0. The summed E-state index contributed by atoms with van der Waals surface area (Å²) in [6.07, 6.45) is 4.11. The van der Waals surface area contributed by atoms with Gasteiger partial charge in [0.25, 0.3) is 5.91 Å².